The lowest BCUT2D eigenvalue weighted by Gasteiger charge is -2.50. The van der Waals surface area contributed by atoms with Crippen LogP contribution in [0.25, 0.3) is 5.76 Å². The second kappa shape index (κ2) is 9.26. The van der Waals surface area contributed by atoms with E-state index < -0.39 is 82.1 Å². The number of anilines is 1. The van der Waals surface area contributed by atoms with Crippen LogP contribution in [0.3, 0.4) is 0 Å². The fourth-order valence-corrected chi connectivity index (χ4v) is 5.75. The predicted octanol–water partition coefficient (Wildman–Crippen LogP) is -0.233. The lowest BCUT2D eigenvalue weighted by Crippen LogP contribution is -2.65. The van der Waals surface area contributed by atoms with Crippen molar-refractivity contribution in [1.29, 1.82) is 0 Å². The van der Waals surface area contributed by atoms with Gasteiger partial charge in [-0.3, -0.25) is 28.9 Å². The minimum absolute atomic E-state index is 0.0415. The number of rotatable bonds is 6. The van der Waals surface area contributed by atoms with E-state index in [4.69, 9.17) is 10.8 Å². The van der Waals surface area contributed by atoms with Crippen LogP contribution >= 0.6 is 0 Å². The number of fused-ring (bicyclic) bond motifs is 3. The van der Waals surface area contributed by atoms with Crippen molar-refractivity contribution in [2.45, 2.75) is 37.3 Å². The summed E-state index contributed by atoms with van der Waals surface area (Å²) in [5.41, 5.74) is 1.42. The summed E-state index contributed by atoms with van der Waals surface area (Å²) in [5, 5.41) is 55.5. The highest BCUT2D eigenvalue weighted by Gasteiger charge is 2.64. The molecule has 4 atom stereocenters. The zero-order valence-corrected chi connectivity index (χ0v) is 20.5. The number of nitrogens with one attached hydrogen (secondary N) is 1. The number of aliphatic carboxylic acids is 1. The standard InChI is InChI=1S/C25H27N3O10/c1-28(2)18-11-8-10-7-9-3-4-12(27-13(29)5-6-14(30)31)19(32)15(9)20(33)16(10)22(35)25(11,38)23(36)17(21(18)34)24(26)37/h3-4,10-11,18,32-33,36,38H,5-8H2,1-2H3,(H2,26,37)(H,27,29)(H,30,31). The van der Waals surface area contributed by atoms with E-state index >= 15 is 0 Å². The van der Waals surface area contributed by atoms with Crippen LogP contribution in [-0.4, -0.2) is 85.5 Å². The predicted molar refractivity (Wildman–Crippen MR) is 130 cm³/mol. The van der Waals surface area contributed by atoms with E-state index in [0.717, 1.165) is 0 Å². The van der Waals surface area contributed by atoms with Crippen molar-refractivity contribution in [3.63, 3.8) is 0 Å². The molecule has 4 unspecified atom stereocenters. The third-order valence-electron chi connectivity index (χ3n) is 7.43. The molecule has 1 aromatic carbocycles. The van der Waals surface area contributed by atoms with E-state index in [1.54, 1.807) is 0 Å². The fraction of sp³-hybridized carbons (Fsp3) is 0.400. The molecule has 0 radical (unpaired) electrons. The van der Waals surface area contributed by atoms with Gasteiger partial charge in [-0.15, -0.1) is 0 Å². The Labute approximate surface area is 215 Å². The summed E-state index contributed by atoms with van der Waals surface area (Å²) in [6.45, 7) is 0. The number of aliphatic hydroxyl groups excluding tert-OH is 2. The smallest absolute Gasteiger partial charge is 0.303 e. The minimum Gasteiger partial charge on any atom is -0.508 e. The summed E-state index contributed by atoms with van der Waals surface area (Å²) in [4.78, 5) is 63.0. The highest BCUT2D eigenvalue weighted by atomic mass is 16.4. The Morgan fingerprint density at radius 2 is 1.79 bits per heavy atom. The molecule has 3 aliphatic carbocycles. The highest BCUT2D eigenvalue weighted by molar-refractivity contribution is 6.24. The molecule has 202 valence electrons. The average molecular weight is 530 g/mol. The normalized spacial score (nSPS) is 26.6. The number of aromatic hydroxyl groups is 1. The van der Waals surface area contributed by atoms with Gasteiger partial charge >= 0.3 is 5.97 Å². The molecule has 13 heteroatoms. The Bertz CT molecular complexity index is 1360. The van der Waals surface area contributed by atoms with Gasteiger partial charge in [0.2, 0.25) is 11.7 Å². The van der Waals surface area contributed by atoms with E-state index in [-0.39, 0.29) is 36.1 Å². The van der Waals surface area contributed by atoms with Gasteiger partial charge in [-0.25, -0.2) is 0 Å². The molecule has 3 aliphatic rings. The number of likely N-dealkylation sites (N-methyl/N-ethyl adjacent to an activating group) is 1. The molecule has 0 heterocycles. The van der Waals surface area contributed by atoms with Crippen LogP contribution in [0, 0.1) is 11.8 Å². The third-order valence-corrected chi connectivity index (χ3v) is 7.43. The Hall–Kier alpha value is -4.23. The maximum atomic E-state index is 13.8. The molecule has 0 saturated heterocycles. The van der Waals surface area contributed by atoms with Crippen molar-refractivity contribution in [2.75, 3.05) is 19.4 Å². The maximum Gasteiger partial charge on any atom is 0.303 e. The first kappa shape index (κ1) is 26.8. The molecule has 38 heavy (non-hydrogen) atoms. The topological polar surface area (TPSA) is 228 Å². The summed E-state index contributed by atoms with van der Waals surface area (Å²) in [5.74, 6) is -9.55. The van der Waals surface area contributed by atoms with E-state index in [1.807, 2.05) is 0 Å². The lowest BCUT2D eigenvalue weighted by atomic mass is 9.57. The molecule has 4 rings (SSSR count). The van der Waals surface area contributed by atoms with Gasteiger partial charge in [0.1, 0.15) is 22.8 Å². The summed E-state index contributed by atoms with van der Waals surface area (Å²) in [6, 6.07) is 1.70. The first-order chi connectivity index (χ1) is 17.7. The Kier molecular flexibility index (Phi) is 6.54. The SMILES string of the molecule is CN(C)C1C(=O)C(C(N)=O)=C(O)C2(O)C(=O)C3=C(O)c4c(ccc(NC(=O)CCC(=O)O)c4O)CC3CC12. The molecule has 13 nitrogen and oxygen atoms in total. The number of amides is 2. The van der Waals surface area contributed by atoms with Gasteiger partial charge in [0.05, 0.1) is 23.7 Å². The largest absolute Gasteiger partial charge is 0.508 e. The molecule has 0 spiro atoms. The van der Waals surface area contributed by atoms with Crippen LogP contribution in [0.5, 0.6) is 5.75 Å². The number of carbonyl (C=O) groups excluding carboxylic acids is 4. The molecule has 2 amide bonds. The van der Waals surface area contributed by atoms with Gasteiger partial charge in [0, 0.05) is 17.9 Å². The number of nitrogens with two attached hydrogens (primary N) is 1. The number of ketones is 2. The first-order valence-electron chi connectivity index (χ1n) is 11.7. The molecular formula is C25H27N3O10. The van der Waals surface area contributed by atoms with E-state index in [1.165, 1.54) is 31.1 Å². The van der Waals surface area contributed by atoms with Crippen molar-refractivity contribution in [3.8, 4) is 5.75 Å². The van der Waals surface area contributed by atoms with Gasteiger partial charge in [0.25, 0.3) is 5.91 Å². The van der Waals surface area contributed by atoms with Crippen LogP contribution in [0.15, 0.2) is 29.0 Å². The Balaban J connectivity index is 1.82. The van der Waals surface area contributed by atoms with Gasteiger partial charge in [-0.1, -0.05) is 6.07 Å². The van der Waals surface area contributed by atoms with Crippen molar-refractivity contribution >= 4 is 40.8 Å². The van der Waals surface area contributed by atoms with Crippen LogP contribution in [0.2, 0.25) is 0 Å². The second-order valence-electron chi connectivity index (χ2n) is 9.90. The van der Waals surface area contributed by atoms with Crippen LogP contribution in [0.4, 0.5) is 5.69 Å². The summed E-state index contributed by atoms with van der Waals surface area (Å²) >= 11 is 0. The number of hydrogen-bond donors (Lipinski definition) is 7. The molecule has 1 fully saturated rings. The number of phenolic OH excluding ortho intramolecular Hbond substituents is 1. The molecule has 8 N–H and O–H groups in total. The van der Waals surface area contributed by atoms with Gasteiger partial charge in [0.15, 0.2) is 11.4 Å². The van der Waals surface area contributed by atoms with E-state index in [2.05, 4.69) is 5.32 Å². The number of carboxylic acids is 1. The summed E-state index contributed by atoms with van der Waals surface area (Å²) < 4.78 is 0. The monoisotopic (exact) mass is 529 g/mol. The van der Waals surface area contributed by atoms with Gasteiger partial charge in [-0.05, 0) is 44.5 Å². The zero-order chi connectivity index (χ0) is 28.3. The number of carbonyl (C=O) groups is 5. The van der Waals surface area contributed by atoms with E-state index in [9.17, 15) is 44.4 Å². The number of phenols is 1. The number of aliphatic hydroxyl groups is 3. The number of primary amides is 1. The average Bonchev–Trinajstić information content (AvgIpc) is 2.81. The van der Waals surface area contributed by atoms with Crippen molar-refractivity contribution in [1.82, 2.24) is 4.90 Å². The van der Waals surface area contributed by atoms with Crippen LogP contribution in [-0.2, 0) is 30.4 Å². The molecule has 1 aromatic rings. The Morgan fingerprint density at radius 1 is 1.13 bits per heavy atom. The zero-order valence-electron chi connectivity index (χ0n) is 20.5. The molecular weight excluding hydrogens is 502 g/mol. The van der Waals surface area contributed by atoms with Crippen molar-refractivity contribution < 1.29 is 49.5 Å². The fourth-order valence-electron chi connectivity index (χ4n) is 5.75. The first-order valence-corrected chi connectivity index (χ1v) is 11.7. The number of carboxylic acid groups (broad SMARTS) is 1. The summed E-state index contributed by atoms with van der Waals surface area (Å²) in [7, 11) is 3.02. The van der Waals surface area contributed by atoms with Gasteiger partial charge < -0.3 is 36.6 Å². The van der Waals surface area contributed by atoms with Gasteiger partial charge in [-0.2, -0.15) is 0 Å². The van der Waals surface area contributed by atoms with Crippen molar-refractivity contribution in [2.24, 2.45) is 17.6 Å². The van der Waals surface area contributed by atoms with Crippen LogP contribution < -0.4 is 11.1 Å². The molecule has 1 saturated carbocycles. The third kappa shape index (κ3) is 3.90. The molecule has 0 bridgehead atoms. The second-order valence-corrected chi connectivity index (χ2v) is 9.90. The summed E-state index contributed by atoms with van der Waals surface area (Å²) in [6.07, 6.45) is -0.744. The number of nitrogens with zero attached hydrogens (tertiary/aromatic N) is 1. The Morgan fingerprint density at radius 3 is 2.37 bits per heavy atom. The van der Waals surface area contributed by atoms with Crippen molar-refractivity contribution in [3.05, 3.63) is 40.2 Å². The van der Waals surface area contributed by atoms with E-state index in [0.29, 0.717) is 5.56 Å². The number of Topliss-reactive ketones (excluding diaryl/α,β-unsaturated/α-hetero) is 2. The maximum absolute atomic E-state index is 13.8. The lowest BCUT2D eigenvalue weighted by molar-refractivity contribution is -0.153. The number of benzene rings is 1. The highest BCUT2D eigenvalue weighted by Crippen LogP contribution is 2.53. The molecule has 0 aromatic heterocycles. The molecule has 0 aliphatic heterocycles. The number of hydrogen-bond acceptors (Lipinski definition) is 10. The minimum atomic E-state index is -2.75. The van der Waals surface area contributed by atoms with Crippen LogP contribution in [0.1, 0.15) is 30.4 Å². The quantitative estimate of drug-likeness (QED) is 0.188.